The summed E-state index contributed by atoms with van der Waals surface area (Å²) < 4.78 is 5.70. The number of anilines is 1. The van der Waals surface area contributed by atoms with Crippen LogP contribution in [0, 0.1) is 6.92 Å². The van der Waals surface area contributed by atoms with Crippen LogP contribution in [-0.4, -0.2) is 31.5 Å². The summed E-state index contributed by atoms with van der Waals surface area (Å²) >= 11 is 1.62. The first-order chi connectivity index (χ1) is 11.6. The zero-order valence-electron chi connectivity index (χ0n) is 13.5. The van der Waals surface area contributed by atoms with E-state index in [1.807, 2.05) is 37.3 Å². The van der Waals surface area contributed by atoms with E-state index in [1.165, 1.54) is 11.0 Å². The smallest absolute Gasteiger partial charge is 0.262 e. The Balaban J connectivity index is 1.86. The fourth-order valence-corrected chi connectivity index (χ4v) is 3.31. The van der Waals surface area contributed by atoms with Gasteiger partial charge in [-0.1, -0.05) is 12.1 Å². The molecule has 0 spiro atoms. The van der Waals surface area contributed by atoms with Crippen LogP contribution in [0.3, 0.4) is 0 Å². The van der Waals surface area contributed by atoms with Gasteiger partial charge >= 0.3 is 0 Å². The van der Waals surface area contributed by atoms with E-state index < -0.39 is 6.10 Å². The standard InChI is InChI=1S/C18H18N2O3S/c1-12-7-8-13(24-12)9-10-17(21)20-11-16(18(22)19-2)23-15-6-4-3-5-14(15)20/h3-10,16H,11H2,1-2H3,(H,19,22)/b10-9+/t16-/m1/s1. The quantitative estimate of drug-likeness (QED) is 0.873. The first-order valence-corrected chi connectivity index (χ1v) is 8.43. The number of ether oxygens (including phenoxy) is 1. The fourth-order valence-electron chi connectivity index (χ4n) is 2.53. The van der Waals surface area contributed by atoms with Crippen LogP contribution in [0.2, 0.25) is 0 Å². The Morgan fingerprint density at radius 2 is 2.08 bits per heavy atom. The summed E-state index contributed by atoms with van der Waals surface area (Å²) in [4.78, 5) is 28.4. The number of nitrogens with one attached hydrogen (secondary N) is 1. The first-order valence-electron chi connectivity index (χ1n) is 7.62. The number of hydrogen-bond donors (Lipinski definition) is 1. The fraction of sp³-hybridized carbons (Fsp3) is 0.222. The summed E-state index contributed by atoms with van der Waals surface area (Å²) in [6.07, 6.45) is 2.62. The summed E-state index contributed by atoms with van der Waals surface area (Å²) in [5, 5.41) is 2.57. The molecule has 1 aromatic heterocycles. The second kappa shape index (κ2) is 6.88. The van der Waals surface area contributed by atoms with E-state index in [4.69, 9.17) is 4.74 Å². The molecule has 1 aliphatic rings. The maximum Gasteiger partial charge on any atom is 0.262 e. The van der Waals surface area contributed by atoms with E-state index in [-0.39, 0.29) is 18.4 Å². The van der Waals surface area contributed by atoms with Crippen LogP contribution in [0.15, 0.2) is 42.5 Å². The maximum absolute atomic E-state index is 12.7. The second-order valence-corrected chi connectivity index (χ2v) is 6.74. The molecule has 24 heavy (non-hydrogen) atoms. The largest absolute Gasteiger partial charge is 0.477 e. The van der Waals surface area contributed by atoms with Crippen molar-refractivity contribution in [3.05, 3.63) is 52.2 Å². The lowest BCUT2D eigenvalue weighted by atomic mass is 10.1. The highest BCUT2D eigenvalue weighted by atomic mass is 32.1. The molecule has 0 aliphatic carbocycles. The van der Waals surface area contributed by atoms with Crippen molar-refractivity contribution < 1.29 is 14.3 Å². The van der Waals surface area contributed by atoms with Gasteiger partial charge in [0.15, 0.2) is 6.10 Å². The lowest BCUT2D eigenvalue weighted by molar-refractivity contribution is -0.127. The Morgan fingerprint density at radius 3 is 2.79 bits per heavy atom. The molecule has 0 saturated carbocycles. The van der Waals surface area contributed by atoms with Gasteiger partial charge in [-0.05, 0) is 37.3 Å². The Bertz CT molecular complexity index is 797. The van der Waals surface area contributed by atoms with Gasteiger partial charge in [-0.25, -0.2) is 0 Å². The number of benzene rings is 1. The van der Waals surface area contributed by atoms with E-state index in [1.54, 1.807) is 35.4 Å². The third-order valence-electron chi connectivity index (χ3n) is 3.73. The van der Waals surface area contributed by atoms with Gasteiger partial charge in [0.25, 0.3) is 11.8 Å². The molecule has 2 amide bonds. The van der Waals surface area contributed by atoms with Crippen LogP contribution in [0.4, 0.5) is 5.69 Å². The van der Waals surface area contributed by atoms with Gasteiger partial charge in [0.05, 0.1) is 12.2 Å². The highest BCUT2D eigenvalue weighted by Crippen LogP contribution is 2.33. The third kappa shape index (κ3) is 3.33. The number of likely N-dealkylation sites (N-methyl/N-ethyl adjacent to an activating group) is 1. The number of carbonyl (C=O) groups is 2. The second-order valence-electron chi connectivity index (χ2n) is 5.42. The summed E-state index contributed by atoms with van der Waals surface area (Å²) in [7, 11) is 1.55. The molecule has 1 aromatic carbocycles. The van der Waals surface area contributed by atoms with Crippen molar-refractivity contribution in [3.63, 3.8) is 0 Å². The molecule has 2 heterocycles. The third-order valence-corrected chi connectivity index (χ3v) is 4.70. The van der Waals surface area contributed by atoms with Crippen molar-refractivity contribution in [2.45, 2.75) is 13.0 Å². The van der Waals surface area contributed by atoms with Crippen LogP contribution in [0.1, 0.15) is 9.75 Å². The number of nitrogens with zero attached hydrogens (tertiary/aromatic N) is 1. The molecule has 1 N–H and O–H groups in total. The number of thiophene rings is 1. The van der Waals surface area contributed by atoms with E-state index in [0.717, 1.165) is 4.88 Å². The Labute approximate surface area is 144 Å². The molecule has 0 unspecified atom stereocenters. The summed E-state index contributed by atoms with van der Waals surface area (Å²) in [6.45, 7) is 2.21. The SMILES string of the molecule is CNC(=O)[C@H]1CN(C(=O)/C=C/c2ccc(C)s2)c2ccccc2O1. The van der Waals surface area contributed by atoms with Crippen LogP contribution in [0.5, 0.6) is 5.75 Å². The van der Waals surface area contributed by atoms with Crippen molar-refractivity contribution in [3.8, 4) is 5.75 Å². The van der Waals surface area contributed by atoms with Gasteiger partial charge in [-0.3, -0.25) is 9.59 Å². The minimum absolute atomic E-state index is 0.175. The molecule has 1 atom stereocenters. The average molecular weight is 342 g/mol. The molecule has 5 nitrogen and oxygen atoms in total. The van der Waals surface area contributed by atoms with Crippen molar-refractivity contribution in [1.29, 1.82) is 0 Å². The Morgan fingerprint density at radius 1 is 1.29 bits per heavy atom. The van der Waals surface area contributed by atoms with Crippen molar-refractivity contribution in [2.24, 2.45) is 0 Å². The van der Waals surface area contributed by atoms with Crippen molar-refractivity contribution in [1.82, 2.24) is 5.32 Å². The minimum Gasteiger partial charge on any atom is -0.477 e. The van der Waals surface area contributed by atoms with E-state index >= 15 is 0 Å². The zero-order chi connectivity index (χ0) is 17.1. The number of rotatable bonds is 3. The molecule has 124 valence electrons. The minimum atomic E-state index is -0.716. The Kier molecular flexibility index (Phi) is 4.66. The van der Waals surface area contributed by atoms with E-state index in [0.29, 0.717) is 11.4 Å². The van der Waals surface area contributed by atoms with Gasteiger partial charge in [0.2, 0.25) is 0 Å². The average Bonchev–Trinajstić information content (AvgIpc) is 3.03. The van der Waals surface area contributed by atoms with Crippen molar-refractivity contribution >= 4 is 34.9 Å². The maximum atomic E-state index is 12.7. The molecule has 0 saturated heterocycles. The van der Waals surface area contributed by atoms with Gasteiger partial charge in [0, 0.05) is 22.9 Å². The first kappa shape index (κ1) is 16.3. The van der Waals surface area contributed by atoms with Crippen LogP contribution in [-0.2, 0) is 9.59 Å². The van der Waals surface area contributed by atoms with Crippen LogP contribution >= 0.6 is 11.3 Å². The summed E-state index contributed by atoms with van der Waals surface area (Å²) in [5.41, 5.74) is 0.676. The molecular weight excluding hydrogens is 324 g/mol. The molecule has 0 radical (unpaired) electrons. The molecule has 1 aliphatic heterocycles. The van der Waals surface area contributed by atoms with Gasteiger partial charge in [0.1, 0.15) is 5.75 Å². The van der Waals surface area contributed by atoms with Gasteiger partial charge < -0.3 is 15.0 Å². The van der Waals surface area contributed by atoms with E-state index in [9.17, 15) is 9.59 Å². The highest BCUT2D eigenvalue weighted by Gasteiger charge is 2.32. The van der Waals surface area contributed by atoms with Gasteiger partial charge in [-0.2, -0.15) is 0 Å². The molecule has 0 bridgehead atoms. The molecule has 2 aromatic rings. The molecular formula is C18H18N2O3S. The van der Waals surface area contributed by atoms with Gasteiger partial charge in [-0.15, -0.1) is 11.3 Å². The lowest BCUT2D eigenvalue weighted by Gasteiger charge is -2.33. The highest BCUT2D eigenvalue weighted by molar-refractivity contribution is 7.12. The van der Waals surface area contributed by atoms with E-state index in [2.05, 4.69) is 5.32 Å². The Hall–Kier alpha value is -2.60. The number of aryl methyl sites for hydroxylation is 1. The number of amides is 2. The predicted octanol–water partition coefficient (Wildman–Crippen LogP) is 2.61. The number of para-hydroxylation sites is 2. The number of carbonyl (C=O) groups excluding carboxylic acids is 2. The lowest BCUT2D eigenvalue weighted by Crippen LogP contribution is -2.49. The topological polar surface area (TPSA) is 58.6 Å². The summed E-state index contributed by atoms with van der Waals surface area (Å²) in [5.74, 6) is 0.108. The predicted molar refractivity (Wildman–Crippen MR) is 95.4 cm³/mol. The summed E-state index contributed by atoms with van der Waals surface area (Å²) in [6, 6.07) is 11.2. The zero-order valence-corrected chi connectivity index (χ0v) is 14.3. The monoisotopic (exact) mass is 342 g/mol. The molecule has 0 fully saturated rings. The molecule has 3 rings (SSSR count). The van der Waals surface area contributed by atoms with Crippen molar-refractivity contribution in [2.75, 3.05) is 18.5 Å². The van der Waals surface area contributed by atoms with Crippen LogP contribution < -0.4 is 15.0 Å². The van der Waals surface area contributed by atoms with Crippen LogP contribution in [0.25, 0.3) is 6.08 Å². The normalized spacial score (nSPS) is 16.6. The molecule has 6 heteroatoms. The number of hydrogen-bond acceptors (Lipinski definition) is 4. The number of fused-ring (bicyclic) bond motifs is 1.